The highest BCUT2D eigenvalue weighted by molar-refractivity contribution is 7.88. The van der Waals surface area contributed by atoms with Gasteiger partial charge in [-0.1, -0.05) is 0 Å². The van der Waals surface area contributed by atoms with Gasteiger partial charge in [0.1, 0.15) is 6.61 Å². The number of carbonyl (C=O) groups is 1. The average molecular weight is 280 g/mol. The molecule has 18 heavy (non-hydrogen) atoms. The van der Waals surface area contributed by atoms with E-state index in [9.17, 15) is 13.2 Å². The Morgan fingerprint density at radius 3 is 2.28 bits per heavy atom. The Hall–Kier alpha value is -0.700. The van der Waals surface area contributed by atoms with Gasteiger partial charge in [0.25, 0.3) is 0 Å². The van der Waals surface area contributed by atoms with E-state index in [1.54, 1.807) is 12.0 Å². The monoisotopic (exact) mass is 280 g/mol. The summed E-state index contributed by atoms with van der Waals surface area (Å²) in [7, 11) is -1.59. The lowest BCUT2D eigenvalue weighted by Crippen LogP contribution is -2.51. The van der Waals surface area contributed by atoms with Gasteiger partial charge in [-0.05, 0) is 0 Å². The molecule has 1 aliphatic heterocycles. The van der Waals surface area contributed by atoms with Crippen molar-refractivity contribution in [1.29, 1.82) is 0 Å². The summed E-state index contributed by atoms with van der Waals surface area (Å²) in [4.78, 5) is 13.3. The summed E-state index contributed by atoms with van der Waals surface area (Å²) in [5, 5.41) is 0. The second kappa shape index (κ2) is 7.03. The van der Waals surface area contributed by atoms with Gasteiger partial charge >= 0.3 is 0 Å². The second-order valence-electron chi connectivity index (χ2n) is 4.09. The van der Waals surface area contributed by atoms with Crippen LogP contribution >= 0.6 is 0 Å². The summed E-state index contributed by atoms with van der Waals surface area (Å²) >= 11 is 0. The maximum Gasteiger partial charge on any atom is 0.248 e. The minimum atomic E-state index is -3.15. The zero-order valence-corrected chi connectivity index (χ0v) is 11.6. The zero-order valence-electron chi connectivity index (χ0n) is 10.8. The molecule has 1 amide bonds. The highest BCUT2D eigenvalue weighted by Gasteiger charge is 2.25. The Balaban J connectivity index is 2.28. The molecule has 1 aliphatic rings. The van der Waals surface area contributed by atoms with Crippen LogP contribution in [0.5, 0.6) is 0 Å². The molecule has 0 N–H and O–H groups in total. The minimum absolute atomic E-state index is 0.0161. The molecule has 8 heteroatoms. The molecular formula is C10H20N2O5S. The summed E-state index contributed by atoms with van der Waals surface area (Å²) in [5.74, 6) is -0.112. The first-order valence-corrected chi connectivity index (χ1v) is 7.59. The standard InChI is InChI=1S/C10H20N2O5S/c1-16-7-8-17-9-10(13)11-3-5-12(6-4-11)18(2,14)15/h3-9H2,1-2H3. The van der Waals surface area contributed by atoms with E-state index in [-0.39, 0.29) is 12.5 Å². The number of methoxy groups -OCH3 is 1. The number of amides is 1. The van der Waals surface area contributed by atoms with Crippen molar-refractivity contribution in [3.63, 3.8) is 0 Å². The molecule has 0 aromatic rings. The zero-order chi connectivity index (χ0) is 13.6. The Labute approximate surface area is 108 Å². The highest BCUT2D eigenvalue weighted by Crippen LogP contribution is 2.06. The van der Waals surface area contributed by atoms with Gasteiger partial charge in [-0.2, -0.15) is 4.31 Å². The second-order valence-corrected chi connectivity index (χ2v) is 6.07. The number of hydrogen-bond acceptors (Lipinski definition) is 5. The number of nitrogens with zero attached hydrogens (tertiary/aromatic N) is 2. The summed E-state index contributed by atoms with van der Waals surface area (Å²) in [6.07, 6.45) is 1.18. The van der Waals surface area contributed by atoms with Gasteiger partial charge in [-0.15, -0.1) is 0 Å². The van der Waals surface area contributed by atoms with Crippen LogP contribution in [0.2, 0.25) is 0 Å². The lowest BCUT2D eigenvalue weighted by Gasteiger charge is -2.33. The van der Waals surface area contributed by atoms with Crippen molar-refractivity contribution >= 4 is 15.9 Å². The van der Waals surface area contributed by atoms with E-state index in [2.05, 4.69) is 0 Å². The number of carbonyl (C=O) groups excluding carboxylic acids is 1. The molecule has 0 aromatic carbocycles. The molecule has 0 aromatic heterocycles. The highest BCUT2D eigenvalue weighted by atomic mass is 32.2. The summed E-state index contributed by atoms with van der Waals surface area (Å²) in [6.45, 7) is 2.38. The van der Waals surface area contributed by atoms with Gasteiger partial charge in [0.2, 0.25) is 15.9 Å². The van der Waals surface area contributed by atoms with Crippen molar-refractivity contribution in [3.8, 4) is 0 Å². The van der Waals surface area contributed by atoms with Gasteiger partial charge < -0.3 is 14.4 Å². The molecule has 106 valence electrons. The number of hydrogen-bond donors (Lipinski definition) is 0. The van der Waals surface area contributed by atoms with Gasteiger partial charge in [0.05, 0.1) is 19.5 Å². The minimum Gasteiger partial charge on any atom is -0.382 e. The van der Waals surface area contributed by atoms with Crippen LogP contribution in [0.1, 0.15) is 0 Å². The molecule has 0 spiro atoms. The maximum absolute atomic E-state index is 11.7. The first kappa shape index (κ1) is 15.4. The van der Waals surface area contributed by atoms with Crippen molar-refractivity contribution in [1.82, 2.24) is 9.21 Å². The van der Waals surface area contributed by atoms with E-state index in [1.807, 2.05) is 0 Å². The first-order valence-electron chi connectivity index (χ1n) is 5.74. The summed E-state index contributed by atoms with van der Waals surface area (Å²) < 4.78 is 33.9. The van der Waals surface area contributed by atoms with Crippen molar-refractivity contribution in [3.05, 3.63) is 0 Å². The third-order valence-corrected chi connectivity index (χ3v) is 4.02. The van der Waals surface area contributed by atoms with Gasteiger partial charge in [0.15, 0.2) is 0 Å². The summed E-state index contributed by atoms with van der Waals surface area (Å²) in [6, 6.07) is 0. The van der Waals surface area contributed by atoms with E-state index in [0.29, 0.717) is 39.4 Å². The predicted molar refractivity (Wildman–Crippen MR) is 65.7 cm³/mol. The van der Waals surface area contributed by atoms with E-state index in [1.165, 1.54) is 10.6 Å². The third kappa shape index (κ3) is 4.89. The number of rotatable bonds is 6. The third-order valence-electron chi connectivity index (χ3n) is 2.72. The van der Waals surface area contributed by atoms with Crippen LogP contribution in [0.3, 0.4) is 0 Å². The lowest BCUT2D eigenvalue weighted by molar-refractivity contribution is -0.137. The molecule has 1 heterocycles. The fourth-order valence-corrected chi connectivity index (χ4v) is 2.49. The van der Waals surface area contributed by atoms with Crippen molar-refractivity contribution < 1.29 is 22.7 Å². The van der Waals surface area contributed by atoms with E-state index < -0.39 is 10.0 Å². The Morgan fingerprint density at radius 2 is 1.78 bits per heavy atom. The van der Waals surface area contributed by atoms with E-state index in [0.717, 1.165) is 0 Å². The average Bonchev–Trinajstić information content (AvgIpc) is 2.33. The van der Waals surface area contributed by atoms with Crippen LogP contribution in [0, 0.1) is 0 Å². The normalized spacial score (nSPS) is 18.0. The van der Waals surface area contributed by atoms with Gasteiger partial charge in [-0.25, -0.2) is 8.42 Å². The molecule has 0 saturated carbocycles. The van der Waals surface area contributed by atoms with Gasteiger partial charge in [-0.3, -0.25) is 4.79 Å². The molecule has 0 atom stereocenters. The van der Waals surface area contributed by atoms with Crippen LogP contribution in [0.4, 0.5) is 0 Å². The fourth-order valence-electron chi connectivity index (χ4n) is 1.66. The van der Waals surface area contributed by atoms with Crippen LogP contribution < -0.4 is 0 Å². The number of sulfonamides is 1. The largest absolute Gasteiger partial charge is 0.382 e. The number of ether oxygens (including phenoxy) is 2. The Bertz CT molecular complexity index is 362. The quantitative estimate of drug-likeness (QED) is 0.568. The van der Waals surface area contributed by atoms with E-state index in [4.69, 9.17) is 9.47 Å². The summed E-state index contributed by atoms with van der Waals surface area (Å²) in [5.41, 5.74) is 0. The molecule has 0 bridgehead atoms. The lowest BCUT2D eigenvalue weighted by atomic mass is 10.3. The van der Waals surface area contributed by atoms with Crippen LogP contribution in [0.15, 0.2) is 0 Å². The molecule has 0 radical (unpaired) electrons. The van der Waals surface area contributed by atoms with E-state index >= 15 is 0 Å². The van der Waals surface area contributed by atoms with Crippen molar-refractivity contribution in [2.75, 3.05) is 59.4 Å². The van der Waals surface area contributed by atoms with Crippen LogP contribution in [-0.4, -0.2) is 82.9 Å². The predicted octanol–water partition coefficient (Wildman–Crippen LogP) is -1.25. The molecule has 1 saturated heterocycles. The fraction of sp³-hybridized carbons (Fsp3) is 0.900. The molecule has 0 aliphatic carbocycles. The SMILES string of the molecule is COCCOCC(=O)N1CCN(S(C)(=O)=O)CC1. The smallest absolute Gasteiger partial charge is 0.248 e. The molecular weight excluding hydrogens is 260 g/mol. The maximum atomic E-state index is 11.7. The van der Waals surface area contributed by atoms with Crippen molar-refractivity contribution in [2.45, 2.75) is 0 Å². The topological polar surface area (TPSA) is 76.2 Å². The molecule has 0 unspecified atom stereocenters. The number of piperazine rings is 1. The first-order chi connectivity index (χ1) is 8.45. The Morgan fingerprint density at radius 1 is 1.17 bits per heavy atom. The molecule has 7 nitrogen and oxygen atoms in total. The van der Waals surface area contributed by atoms with Crippen LogP contribution in [0.25, 0.3) is 0 Å². The Kier molecular flexibility index (Phi) is 6.00. The molecule has 1 rings (SSSR count). The van der Waals surface area contributed by atoms with Crippen molar-refractivity contribution in [2.24, 2.45) is 0 Å². The van der Waals surface area contributed by atoms with Crippen LogP contribution in [-0.2, 0) is 24.3 Å². The van der Waals surface area contributed by atoms with Gasteiger partial charge in [0, 0.05) is 33.3 Å². The molecule has 1 fully saturated rings.